The molecule has 1 aromatic rings. The predicted molar refractivity (Wildman–Crippen MR) is 86.1 cm³/mol. The number of nitrogens with zero attached hydrogens (tertiary/aromatic N) is 3. The zero-order valence-corrected chi connectivity index (χ0v) is 14.3. The second kappa shape index (κ2) is 7.77. The zero-order chi connectivity index (χ0) is 16.0. The van der Waals surface area contributed by atoms with Crippen molar-refractivity contribution < 1.29 is 4.74 Å². The molecular weight excluding hydrogens is 266 g/mol. The Morgan fingerprint density at radius 1 is 1.38 bits per heavy atom. The molecule has 1 aromatic heterocycles. The molecule has 1 unspecified atom stereocenters. The lowest BCUT2D eigenvalue weighted by atomic mass is 9.81. The van der Waals surface area contributed by atoms with Gasteiger partial charge in [-0.05, 0) is 33.4 Å². The fourth-order valence-corrected chi connectivity index (χ4v) is 3.25. The summed E-state index contributed by atoms with van der Waals surface area (Å²) in [5.74, 6) is 6.75. The second-order valence-corrected chi connectivity index (χ2v) is 5.63. The van der Waals surface area contributed by atoms with E-state index in [1.165, 1.54) is 0 Å². The smallest absolute Gasteiger partial charge is 0.161 e. The number of rotatable bonds is 9. The van der Waals surface area contributed by atoms with E-state index in [9.17, 15) is 0 Å². The highest BCUT2D eigenvalue weighted by Gasteiger charge is 2.41. The van der Waals surface area contributed by atoms with E-state index in [0.717, 1.165) is 37.3 Å². The van der Waals surface area contributed by atoms with Crippen LogP contribution < -0.4 is 16.0 Å². The number of aryl methyl sites for hydroxylation is 1. The van der Waals surface area contributed by atoms with Crippen LogP contribution in [0.5, 0.6) is 5.75 Å². The molecule has 0 aliphatic heterocycles. The number of methoxy groups -OCH3 is 1. The molecule has 0 saturated heterocycles. The van der Waals surface area contributed by atoms with E-state index in [0.29, 0.717) is 0 Å². The van der Waals surface area contributed by atoms with E-state index in [1.807, 2.05) is 4.68 Å². The maximum Gasteiger partial charge on any atom is 0.161 e. The second-order valence-electron chi connectivity index (χ2n) is 5.63. The van der Waals surface area contributed by atoms with Crippen LogP contribution in [-0.4, -0.2) is 41.4 Å². The molecule has 0 saturated carbocycles. The summed E-state index contributed by atoms with van der Waals surface area (Å²) in [5, 5.41) is 4.46. The normalized spacial score (nSPS) is 13.7. The van der Waals surface area contributed by atoms with Crippen LogP contribution in [0.1, 0.15) is 51.8 Å². The van der Waals surface area contributed by atoms with Crippen LogP contribution in [0.25, 0.3) is 0 Å². The van der Waals surface area contributed by atoms with Crippen LogP contribution in [-0.2, 0) is 6.54 Å². The molecule has 1 atom stereocenters. The summed E-state index contributed by atoms with van der Waals surface area (Å²) in [6.07, 6.45) is 4.75. The summed E-state index contributed by atoms with van der Waals surface area (Å²) in [6.45, 7) is 7.39. The van der Waals surface area contributed by atoms with E-state index in [1.54, 1.807) is 13.3 Å². The Hall–Kier alpha value is -1.11. The van der Waals surface area contributed by atoms with Crippen molar-refractivity contribution in [1.82, 2.24) is 20.1 Å². The minimum absolute atomic E-state index is 0.0495. The third-order valence-corrected chi connectivity index (χ3v) is 4.59. The van der Waals surface area contributed by atoms with Gasteiger partial charge in [0.1, 0.15) is 5.69 Å². The van der Waals surface area contributed by atoms with Crippen LogP contribution in [0.15, 0.2) is 6.20 Å². The van der Waals surface area contributed by atoms with Gasteiger partial charge in [-0.3, -0.25) is 10.5 Å². The molecule has 1 rings (SSSR count). The van der Waals surface area contributed by atoms with Crippen LogP contribution in [0.4, 0.5) is 0 Å². The molecule has 3 N–H and O–H groups in total. The largest absolute Gasteiger partial charge is 0.493 e. The molecule has 0 spiro atoms. The first-order chi connectivity index (χ1) is 10.0. The number of hydrogen-bond donors (Lipinski definition) is 2. The van der Waals surface area contributed by atoms with Gasteiger partial charge < -0.3 is 9.64 Å². The number of nitrogens with one attached hydrogen (secondary N) is 1. The standard InChI is InChI=1S/C15H31N5O/c1-7-10-20-13(12(21-6)11-17-20)14(18-16)15(8-2,9-3)19(4)5/h11,14,18H,7-10,16H2,1-6H3. The van der Waals surface area contributed by atoms with Crippen LogP contribution in [0, 0.1) is 0 Å². The summed E-state index contributed by atoms with van der Waals surface area (Å²) in [6, 6.07) is -0.0495. The zero-order valence-electron chi connectivity index (χ0n) is 14.3. The lowest BCUT2D eigenvalue weighted by Crippen LogP contribution is -2.55. The minimum Gasteiger partial charge on any atom is -0.493 e. The summed E-state index contributed by atoms with van der Waals surface area (Å²) in [7, 11) is 5.88. The molecule has 0 fully saturated rings. The van der Waals surface area contributed by atoms with Gasteiger partial charge in [0.05, 0.1) is 19.3 Å². The van der Waals surface area contributed by atoms with E-state index >= 15 is 0 Å². The van der Waals surface area contributed by atoms with Gasteiger partial charge >= 0.3 is 0 Å². The minimum atomic E-state index is -0.0897. The third-order valence-electron chi connectivity index (χ3n) is 4.59. The first-order valence-corrected chi connectivity index (χ1v) is 7.75. The molecule has 0 aliphatic rings. The lowest BCUT2D eigenvalue weighted by Gasteiger charge is -2.45. The Labute approximate surface area is 128 Å². The number of ether oxygens (including phenoxy) is 1. The molecule has 0 amide bonds. The van der Waals surface area contributed by atoms with Crippen molar-refractivity contribution in [3.05, 3.63) is 11.9 Å². The van der Waals surface area contributed by atoms with Crippen molar-refractivity contribution in [2.45, 2.75) is 58.2 Å². The molecule has 0 aromatic carbocycles. The summed E-state index contributed by atoms with van der Waals surface area (Å²) in [4.78, 5) is 2.25. The molecule has 21 heavy (non-hydrogen) atoms. The van der Waals surface area contributed by atoms with Crippen molar-refractivity contribution in [2.24, 2.45) is 5.84 Å². The highest BCUT2D eigenvalue weighted by molar-refractivity contribution is 5.31. The summed E-state index contributed by atoms with van der Waals surface area (Å²) in [5.41, 5.74) is 3.96. The van der Waals surface area contributed by atoms with Crippen LogP contribution in [0.3, 0.4) is 0 Å². The van der Waals surface area contributed by atoms with Gasteiger partial charge in [0.25, 0.3) is 0 Å². The Balaban J connectivity index is 3.40. The highest BCUT2D eigenvalue weighted by Crippen LogP contribution is 2.39. The van der Waals surface area contributed by atoms with E-state index in [2.05, 4.69) is 50.3 Å². The Morgan fingerprint density at radius 3 is 2.38 bits per heavy atom. The fraction of sp³-hybridized carbons (Fsp3) is 0.800. The molecule has 0 bridgehead atoms. The Morgan fingerprint density at radius 2 is 2.00 bits per heavy atom. The molecule has 122 valence electrons. The Bertz CT molecular complexity index is 426. The molecule has 0 radical (unpaired) electrons. The Kier molecular flexibility index (Phi) is 6.64. The number of hydrogen-bond acceptors (Lipinski definition) is 5. The van der Waals surface area contributed by atoms with Crippen molar-refractivity contribution >= 4 is 0 Å². The molecular formula is C15H31N5O. The van der Waals surface area contributed by atoms with Gasteiger partial charge in [-0.2, -0.15) is 5.10 Å². The number of nitrogens with two attached hydrogens (primary N) is 1. The summed E-state index contributed by atoms with van der Waals surface area (Å²) < 4.78 is 7.53. The van der Waals surface area contributed by atoms with Crippen molar-refractivity contribution in [3.8, 4) is 5.75 Å². The molecule has 6 heteroatoms. The van der Waals surface area contributed by atoms with Gasteiger partial charge in [0.2, 0.25) is 0 Å². The molecule has 1 heterocycles. The summed E-state index contributed by atoms with van der Waals surface area (Å²) >= 11 is 0. The first kappa shape index (κ1) is 17.9. The van der Waals surface area contributed by atoms with Crippen molar-refractivity contribution in [3.63, 3.8) is 0 Å². The monoisotopic (exact) mass is 297 g/mol. The third kappa shape index (κ3) is 3.22. The van der Waals surface area contributed by atoms with Gasteiger partial charge in [0, 0.05) is 12.1 Å². The van der Waals surface area contributed by atoms with Gasteiger partial charge in [0.15, 0.2) is 5.75 Å². The maximum absolute atomic E-state index is 5.95. The van der Waals surface area contributed by atoms with E-state index in [4.69, 9.17) is 10.6 Å². The van der Waals surface area contributed by atoms with E-state index in [-0.39, 0.29) is 11.6 Å². The van der Waals surface area contributed by atoms with Gasteiger partial charge in [-0.1, -0.05) is 20.8 Å². The number of hydrazine groups is 1. The average Bonchev–Trinajstić information content (AvgIpc) is 2.87. The number of aromatic nitrogens is 2. The average molecular weight is 297 g/mol. The fourth-order valence-electron chi connectivity index (χ4n) is 3.25. The van der Waals surface area contributed by atoms with Gasteiger partial charge in [-0.25, -0.2) is 5.43 Å². The van der Waals surface area contributed by atoms with Gasteiger partial charge in [-0.15, -0.1) is 0 Å². The first-order valence-electron chi connectivity index (χ1n) is 7.75. The predicted octanol–water partition coefficient (Wildman–Crippen LogP) is 1.93. The van der Waals surface area contributed by atoms with Crippen LogP contribution >= 0.6 is 0 Å². The van der Waals surface area contributed by atoms with Crippen molar-refractivity contribution in [2.75, 3.05) is 21.2 Å². The lowest BCUT2D eigenvalue weighted by molar-refractivity contribution is 0.0826. The number of likely N-dealkylation sites (N-methyl/N-ethyl adjacent to an activating group) is 1. The highest BCUT2D eigenvalue weighted by atomic mass is 16.5. The molecule has 6 nitrogen and oxygen atoms in total. The van der Waals surface area contributed by atoms with Crippen molar-refractivity contribution in [1.29, 1.82) is 0 Å². The quantitative estimate of drug-likeness (QED) is 0.538. The SMILES string of the molecule is CCCn1ncc(OC)c1C(NN)C(CC)(CC)N(C)C. The molecule has 0 aliphatic carbocycles. The maximum atomic E-state index is 5.95. The topological polar surface area (TPSA) is 68.3 Å². The van der Waals surface area contributed by atoms with E-state index < -0.39 is 0 Å². The van der Waals surface area contributed by atoms with Crippen LogP contribution in [0.2, 0.25) is 0 Å².